The predicted molar refractivity (Wildman–Crippen MR) is 104 cm³/mol. The molecule has 0 unspecified atom stereocenters. The number of likely N-dealkylation sites (tertiary alicyclic amines) is 1. The molecule has 0 radical (unpaired) electrons. The lowest BCUT2D eigenvalue weighted by molar-refractivity contribution is -0.124. The zero-order valence-electron chi connectivity index (χ0n) is 15.8. The van der Waals surface area contributed by atoms with Gasteiger partial charge < -0.3 is 14.2 Å². The van der Waals surface area contributed by atoms with E-state index >= 15 is 0 Å². The summed E-state index contributed by atoms with van der Waals surface area (Å²) in [7, 11) is 4.60. The standard InChI is InChI=1S/C19H24N2O5S/c1-24-14-9-13(10-15(25-2)17(14)26-3)11-16-18(22)21(19(23)27-16)12-20-7-5-4-6-8-20/h9-11H,4-8,12H2,1-3H3/b16-11+. The lowest BCUT2D eigenvalue weighted by atomic mass is 10.1. The van der Waals surface area contributed by atoms with Gasteiger partial charge >= 0.3 is 0 Å². The third kappa shape index (κ3) is 4.22. The van der Waals surface area contributed by atoms with Gasteiger partial charge in [0.2, 0.25) is 5.75 Å². The van der Waals surface area contributed by atoms with Gasteiger partial charge in [0, 0.05) is 0 Å². The van der Waals surface area contributed by atoms with Gasteiger partial charge in [-0.3, -0.25) is 19.4 Å². The first kappa shape index (κ1) is 19.6. The number of nitrogens with zero attached hydrogens (tertiary/aromatic N) is 2. The number of benzene rings is 1. The summed E-state index contributed by atoms with van der Waals surface area (Å²) in [4.78, 5) is 28.9. The van der Waals surface area contributed by atoms with Crippen molar-refractivity contribution in [3.05, 3.63) is 22.6 Å². The van der Waals surface area contributed by atoms with Crippen LogP contribution in [0.3, 0.4) is 0 Å². The highest BCUT2D eigenvalue weighted by molar-refractivity contribution is 8.18. The number of hydrogen-bond acceptors (Lipinski definition) is 7. The molecule has 8 heteroatoms. The average Bonchev–Trinajstić information content (AvgIpc) is 2.95. The number of imide groups is 1. The van der Waals surface area contributed by atoms with E-state index in [1.165, 1.54) is 32.7 Å². The van der Waals surface area contributed by atoms with Crippen LogP contribution in [0.5, 0.6) is 17.2 Å². The molecule has 0 saturated carbocycles. The first-order valence-electron chi connectivity index (χ1n) is 8.85. The summed E-state index contributed by atoms with van der Waals surface area (Å²) in [5.41, 5.74) is 0.702. The number of ether oxygens (including phenoxy) is 3. The van der Waals surface area contributed by atoms with Crippen molar-refractivity contribution in [2.24, 2.45) is 0 Å². The molecule has 0 atom stereocenters. The molecule has 2 saturated heterocycles. The number of rotatable bonds is 6. The summed E-state index contributed by atoms with van der Waals surface area (Å²) in [6.45, 7) is 2.21. The zero-order chi connectivity index (χ0) is 19.4. The van der Waals surface area contributed by atoms with Gasteiger partial charge in [-0.25, -0.2) is 0 Å². The van der Waals surface area contributed by atoms with Crippen LogP contribution in [0.1, 0.15) is 24.8 Å². The van der Waals surface area contributed by atoms with E-state index in [4.69, 9.17) is 14.2 Å². The van der Waals surface area contributed by atoms with Crippen LogP contribution >= 0.6 is 11.8 Å². The van der Waals surface area contributed by atoms with Crippen molar-refractivity contribution in [1.82, 2.24) is 9.80 Å². The van der Waals surface area contributed by atoms with Gasteiger partial charge in [-0.05, 0) is 61.5 Å². The monoisotopic (exact) mass is 392 g/mol. The van der Waals surface area contributed by atoms with Crippen molar-refractivity contribution in [2.45, 2.75) is 19.3 Å². The molecule has 2 heterocycles. The van der Waals surface area contributed by atoms with Crippen LogP contribution in [-0.4, -0.2) is 62.0 Å². The average molecular weight is 392 g/mol. The Labute approximate surface area is 163 Å². The molecule has 2 fully saturated rings. The van der Waals surface area contributed by atoms with Crippen LogP contribution in [0.15, 0.2) is 17.0 Å². The minimum atomic E-state index is -0.260. The molecule has 0 aliphatic carbocycles. The topological polar surface area (TPSA) is 68.3 Å². The van der Waals surface area contributed by atoms with Gasteiger partial charge in [-0.2, -0.15) is 0 Å². The van der Waals surface area contributed by atoms with Gasteiger partial charge in [0.15, 0.2) is 11.5 Å². The number of carbonyl (C=O) groups is 2. The van der Waals surface area contributed by atoms with Crippen LogP contribution in [-0.2, 0) is 4.79 Å². The van der Waals surface area contributed by atoms with Crippen molar-refractivity contribution in [3.8, 4) is 17.2 Å². The Hall–Kier alpha value is -2.19. The second-order valence-electron chi connectivity index (χ2n) is 6.39. The SMILES string of the molecule is COc1cc(/C=C2/SC(=O)N(CN3CCCCC3)C2=O)cc(OC)c1OC. The van der Waals surface area contributed by atoms with Gasteiger partial charge in [-0.15, -0.1) is 0 Å². The fourth-order valence-electron chi connectivity index (χ4n) is 3.26. The normalized spacial score (nSPS) is 19.7. The fraction of sp³-hybridized carbons (Fsp3) is 0.474. The third-order valence-corrected chi connectivity index (χ3v) is 5.56. The van der Waals surface area contributed by atoms with Gasteiger partial charge in [0.1, 0.15) is 0 Å². The summed E-state index contributed by atoms with van der Waals surface area (Å²) >= 11 is 0.961. The lowest BCUT2D eigenvalue weighted by Crippen LogP contribution is -2.42. The molecular weight excluding hydrogens is 368 g/mol. The van der Waals surface area contributed by atoms with Crippen molar-refractivity contribution >= 4 is 29.0 Å². The molecule has 1 aromatic rings. The number of methoxy groups -OCH3 is 3. The second kappa shape index (κ2) is 8.67. The van der Waals surface area contributed by atoms with Crippen molar-refractivity contribution in [3.63, 3.8) is 0 Å². The number of carbonyl (C=O) groups excluding carboxylic acids is 2. The Bertz CT molecular complexity index is 733. The molecule has 2 aliphatic rings. The lowest BCUT2D eigenvalue weighted by Gasteiger charge is -2.29. The minimum Gasteiger partial charge on any atom is -0.493 e. The Morgan fingerprint density at radius 1 is 1.00 bits per heavy atom. The molecule has 0 N–H and O–H groups in total. The second-order valence-corrected chi connectivity index (χ2v) is 7.38. The fourth-order valence-corrected chi connectivity index (χ4v) is 4.09. The maximum atomic E-state index is 12.7. The summed E-state index contributed by atoms with van der Waals surface area (Å²) in [5.74, 6) is 1.21. The van der Waals surface area contributed by atoms with E-state index in [0.29, 0.717) is 34.4 Å². The van der Waals surface area contributed by atoms with Crippen LogP contribution in [0.2, 0.25) is 0 Å². The Balaban J connectivity index is 1.82. The third-order valence-electron chi connectivity index (χ3n) is 4.65. The molecule has 0 spiro atoms. The van der Waals surface area contributed by atoms with E-state index < -0.39 is 0 Å². The van der Waals surface area contributed by atoms with Crippen LogP contribution < -0.4 is 14.2 Å². The highest BCUT2D eigenvalue weighted by Crippen LogP contribution is 2.40. The molecule has 0 bridgehead atoms. The quantitative estimate of drug-likeness (QED) is 0.689. The highest BCUT2D eigenvalue weighted by atomic mass is 32.2. The molecule has 1 aromatic carbocycles. The van der Waals surface area contributed by atoms with Crippen molar-refractivity contribution < 1.29 is 23.8 Å². The molecule has 146 valence electrons. The van der Waals surface area contributed by atoms with E-state index in [9.17, 15) is 9.59 Å². The summed E-state index contributed by atoms with van der Waals surface area (Å²) in [6.07, 6.45) is 5.11. The Morgan fingerprint density at radius 2 is 1.63 bits per heavy atom. The minimum absolute atomic E-state index is 0.232. The van der Waals surface area contributed by atoms with E-state index in [1.807, 2.05) is 0 Å². The van der Waals surface area contributed by atoms with E-state index in [2.05, 4.69) is 4.90 Å². The molecule has 3 rings (SSSR count). The summed E-state index contributed by atoms with van der Waals surface area (Å²) in [6, 6.07) is 3.50. The van der Waals surface area contributed by atoms with Crippen molar-refractivity contribution in [2.75, 3.05) is 41.1 Å². The number of piperidine rings is 1. The molecule has 0 aromatic heterocycles. The maximum Gasteiger partial charge on any atom is 0.294 e. The van der Waals surface area contributed by atoms with E-state index in [0.717, 1.165) is 37.7 Å². The van der Waals surface area contributed by atoms with Crippen LogP contribution in [0.4, 0.5) is 4.79 Å². The Morgan fingerprint density at radius 3 is 2.19 bits per heavy atom. The van der Waals surface area contributed by atoms with Gasteiger partial charge in [0.25, 0.3) is 11.1 Å². The van der Waals surface area contributed by atoms with Gasteiger partial charge in [-0.1, -0.05) is 6.42 Å². The summed E-state index contributed by atoms with van der Waals surface area (Å²) in [5, 5.41) is -0.232. The first-order valence-corrected chi connectivity index (χ1v) is 9.66. The van der Waals surface area contributed by atoms with Crippen LogP contribution in [0, 0.1) is 0 Å². The number of hydrogen-bond donors (Lipinski definition) is 0. The predicted octanol–water partition coefficient (Wildman–Crippen LogP) is 3.19. The first-order chi connectivity index (χ1) is 13.1. The van der Waals surface area contributed by atoms with Crippen molar-refractivity contribution in [1.29, 1.82) is 0 Å². The molecule has 7 nitrogen and oxygen atoms in total. The Kier molecular flexibility index (Phi) is 6.28. The largest absolute Gasteiger partial charge is 0.493 e. The molecule has 2 aliphatic heterocycles. The summed E-state index contributed by atoms with van der Waals surface area (Å²) < 4.78 is 16.0. The van der Waals surface area contributed by atoms with Crippen LogP contribution in [0.25, 0.3) is 6.08 Å². The van der Waals surface area contributed by atoms with Gasteiger partial charge in [0.05, 0.1) is 32.9 Å². The molecule has 27 heavy (non-hydrogen) atoms. The molecular formula is C19H24N2O5S. The number of thioether (sulfide) groups is 1. The maximum absolute atomic E-state index is 12.7. The smallest absolute Gasteiger partial charge is 0.294 e. The van der Waals surface area contributed by atoms with E-state index in [-0.39, 0.29) is 11.1 Å². The van der Waals surface area contributed by atoms with E-state index in [1.54, 1.807) is 18.2 Å². The highest BCUT2D eigenvalue weighted by Gasteiger charge is 2.36. The number of amides is 2. The zero-order valence-corrected chi connectivity index (χ0v) is 16.6. The molecule has 2 amide bonds.